The van der Waals surface area contributed by atoms with Crippen molar-refractivity contribution in [1.82, 2.24) is 0 Å². The summed E-state index contributed by atoms with van der Waals surface area (Å²) in [4.78, 5) is 12.9. The maximum absolute atomic E-state index is 12.9. The van der Waals surface area contributed by atoms with Crippen LogP contribution >= 0.6 is 0 Å². The van der Waals surface area contributed by atoms with Crippen molar-refractivity contribution in [2.45, 2.75) is 65.6 Å². The molecule has 0 spiro atoms. The van der Waals surface area contributed by atoms with Gasteiger partial charge in [0.05, 0.1) is 12.7 Å². The molecule has 0 heterocycles. The largest absolute Gasteiger partial charge is 0.396 e. The normalized spacial score (nSPS) is 42.8. The standard InChI is InChI=1S/C20H30O4/c1-11(2)12-5-6-13-17(18(12)24)14(22)9-15-19(13,3)8-7-16(23)20(15,4)10-21/h5,11,15-16,18,21,23-24H,6-10H2,1-4H3/t15-,16+,18?,19-,20-/m1/s1. The molecule has 0 aromatic rings. The number of rotatable bonds is 2. The first kappa shape index (κ1) is 17.8. The topological polar surface area (TPSA) is 77.8 Å². The number of fused-ring (bicyclic) bond motifs is 2. The zero-order valence-corrected chi connectivity index (χ0v) is 15.2. The number of hydrogen-bond acceptors (Lipinski definition) is 4. The molecule has 4 nitrogen and oxygen atoms in total. The zero-order valence-electron chi connectivity index (χ0n) is 15.2. The van der Waals surface area contributed by atoms with E-state index in [1.54, 1.807) is 0 Å². The molecule has 3 aliphatic rings. The minimum absolute atomic E-state index is 0.0139. The molecule has 0 aromatic heterocycles. The van der Waals surface area contributed by atoms with Gasteiger partial charge in [0, 0.05) is 17.4 Å². The summed E-state index contributed by atoms with van der Waals surface area (Å²) in [5.41, 5.74) is 1.64. The van der Waals surface area contributed by atoms with E-state index in [1.165, 1.54) is 0 Å². The van der Waals surface area contributed by atoms with E-state index in [-0.39, 0.29) is 29.6 Å². The first-order valence-corrected chi connectivity index (χ1v) is 9.10. The van der Waals surface area contributed by atoms with Gasteiger partial charge in [-0.25, -0.2) is 0 Å². The number of ketones is 1. The van der Waals surface area contributed by atoms with E-state index in [9.17, 15) is 20.1 Å². The van der Waals surface area contributed by atoms with E-state index in [4.69, 9.17) is 0 Å². The van der Waals surface area contributed by atoms with Gasteiger partial charge < -0.3 is 15.3 Å². The van der Waals surface area contributed by atoms with Gasteiger partial charge in [-0.05, 0) is 42.1 Å². The van der Waals surface area contributed by atoms with Crippen LogP contribution in [-0.2, 0) is 4.79 Å². The number of aliphatic hydroxyl groups is 3. The second kappa shape index (κ2) is 5.79. The third-order valence-corrected chi connectivity index (χ3v) is 7.11. The van der Waals surface area contributed by atoms with Gasteiger partial charge in [-0.2, -0.15) is 0 Å². The van der Waals surface area contributed by atoms with E-state index >= 15 is 0 Å². The number of carbonyl (C=O) groups is 1. The smallest absolute Gasteiger partial charge is 0.162 e. The van der Waals surface area contributed by atoms with Crippen LogP contribution in [0.25, 0.3) is 0 Å². The summed E-state index contributed by atoms with van der Waals surface area (Å²) in [6.45, 7) is 8.00. The minimum Gasteiger partial charge on any atom is -0.396 e. The Morgan fingerprint density at radius 1 is 1.29 bits per heavy atom. The van der Waals surface area contributed by atoms with E-state index in [1.807, 2.05) is 20.8 Å². The Morgan fingerprint density at radius 3 is 2.54 bits per heavy atom. The van der Waals surface area contributed by atoms with Crippen LogP contribution in [0.3, 0.4) is 0 Å². The molecule has 24 heavy (non-hydrogen) atoms. The summed E-state index contributed by atoms with van der Waals surface area (Å²) in [7, 11) is 0. The fraction of sp³-hybridized carbons (Fsp3) is 0.750. The number of hydrogen-bond donors (Lipinski definition) is 3. The molecule has 1 unspecified atom stereocenters. The Bertz CT molecular complexity index is 617. The minimum atomic E-state index is -0.800. The Kier molecular flexibility index (Phi) is 4.30. The lowest BCUT2D eigenvalue weighted by atomic mass is 9.47. The molecule has 134 valence electrons. The van der Waals surface area contributed by atoms with Crippen LogP contribution in [0.5, 0.6) is 0 Å². The van der Waals surface area contributed by atoms with E-state index in [0.29, 0.717) is 24.8 Å². The number of aliphatic hydroxyl groups excluding tert-OH is 3. The maximum atomic E-state index is 12.9. The third kappa shape index (κ3) is 2.27. The second-order valence-electron chi connectivity index (χ2n) is 8.67. The van der Waals surface area contributed by atoms with Crippen LogP contribution in [0.1, 0.15) is 53.4 Å². The van der Waals surface area contributed by atoms with Crippen molar-refractivity contribution >= 4 is 5.78 Å². The van der Waals surface area contributed by atoms with Gasteiger partial charge in [0.15, 0.2) is 5.78 Å². The van der Waals surface area contributed by atoms with Gasteiger partial charge in [0.25, 0.3) is 0 Å². The third-order valence-electron chi connectivity index (χ3n) is 7.11. The lowest BCUT2D eigenvalue weighted by Gasteiger charge is -2.57. The first-order valence-electron chi connectivity index (χ1n) is 9.10. The van der Waals surface area contributed by atoms with Crippen molar-refractivity contribution in [1.29, 1.82) is 0 Å². The van der Waals surface area contributed by atoms with Crippen molar-refractivity contribution < 1.29 is 20.1 Å². The zero-order chi connectivity index (χ0) is 17.9. The molecule has 3 rings (SSSR count). The van der Waals surface area contributed by atoms with Crippen LogP contribution in [0, 0.1) is 22.7 Å². The lowest BCUT2D eigenvalue weighted by molar-refractivity contribution is -0.140. The monoisotopic (exact) mass is 334 g/mol. The summed E-state index contributed by atoms with van der Waals surface area (Å²) in [5, 5.41) is 31.3. The van der Waals surface area contributed by atoms with Crippen LogP contribution < -0.4 is 0 Å². The average Bonchev–Trinajstić information content (AvgIpc) is 2.53. The SMILES string of the molecule is CC(C)C1=CCC2=C(C(=O)C[C@H]3[C@@](C)(CO)[C@@H](O)CC[C@]23C)C1O. The second-order valence-corrected chi connectivity index (χ2v) is 8.67. The maximum Gasteiger partial charge on any atom is 0.162 e. The van der Waals surface area contributed by atoms with Crippen LogP contribution in [0.4, 0.5) is 0 Å². The van der Waals surface area contributed by atoms with Crippen molar-refractivity contribution in [3.63, 3.8) is 0 Å². The van der Waals surface area contributed by atoms with Crippen molar-refractivity contribution in [2.75, 3.05) is 6.61 Å². The van der Waals surface area contributed by atoms with Gasteiger partial charge in [0.1, 0.15) is 6.10 Å². The average molecular weight is 334 g/mol. The highest BCUT2D eigenvalue weighted by atomic mass is 16.3. The molecule has 3 N–H and O–H groups in total. The molecule has 0 saturated heterocycles. The lowest BCUT2D eigenvalue weighted by Crippen LogP contribution is -2.57. The molecule has 0 radical (unpaired) electrons. The molecule has 1 saturated carbocycles. The molecule has 1 fully saturated rings. The molecule has 5 atom stereocenters. The summed E-state index contributed by atoms with van der Waals surface area (Å²) in [6.07, 6.45) is 3.08. The Hall–Kier alpha value is -0.970. The van der Waals surface area contributed by atoms with Gasteiger partial charge in [0.2, 0.25) is 0 Å². The Balaban J connectivity index is 2.09. The number of Topliss-reactive ketones (excluding diaryl/α,β-unsaturated/α-hetero) is 1. The predicted octanol–water partition coefficient (Wildman–Crippen LogP) is 2.38. The summed E-state index contributed by atoms with van der Waals surface area (Å²) < 4.78 is 0. The molecule has 0 bridgehead atoms. The highest BCUT2D eigenvalue weighted by Crippen LogP contribution is 2.60. The number of allylic oxidation sites excluding steroid dienone is 2. The van der Waals surface area contributed by atoms with E-state index in [2.05, 4.69) is 13.0 Å². The van der Waals surface area contributed by atoms with Crippen LogP contribution in [-0.4, -0.2) is 39.9 Å². The van der Waals surface area contributed by atoms with Crippen molar-refractivity contribution in [2.24, 2.45) is 22.7 Å². The fourth-order valence-electron chi connectivity index (χ4n) is 5.42. The quantitative estimate of drug-likeness (QED) is 0.678. The van der Waals surface area contributed by atoms with E-state index < -0.39 is 17.6 Å². The summed E-state index contributed by atoms with van der Waals surface area (Å²) >= 11 is 0. The number of carbonyl (C=O) groups excluding carboxylic acids is 1. The molecule has 3 aliphatic carbocycles. The first-order chi connectivity index (χ1) is 11.2. The van der Waals surface area contributed by atoms with Crippen LogP contribution in [0.2, 0.25) is 0 Å². The molecule has 0 amide bonds. The Morgan fingerprint density at radius 2 is 1.96 bits per heavy atom. The predicted molar refractivity (Wildman–Crippen MR) is 92.2 cm³/mol. The van der Waals surface area contributed by atoms with E-state index in [0.717, 1.165) is 17.6 Å². The van der Waals surface area contributed by atoms with Gasteiger partial charge >= 0.3 is 0 Å². The molecular weight excluding hydrogens is 304 g/mol. The van der Waals surface area contributed by atoms with Crippen molar-refractivity contribution in [3.05, 3.63) is 22.8 Å². The van der Waals surface area contributed by atoms with Gasteiger partial charge in [-0.15, -0.1) is 0 Å². The molecular formula is C20H30O4. The van der Waals surface area contributed by atoms with Crippen LogP contribution in [0.15, 0.2) is 22.8 Å². The summed E-state index contributed by atoms with van der Waals surface area (Å²) in [5.74, 6) is 0.106. The highest BCUT2D eigenvalue weighted by Gasteiger charge is 2.58. The molecule has 0 aromatic carbocycles. The fourth-order valence-corrected chi connectivity index (χ4v) is 5.42. The van der Waals surface area contributed by atoms with Gasteiger partial charge in [-0.1, -0.05) is 39.3 Å². The molecule has 4 heteroatoms. The highest BCUT2D eigenvalue weighted by molar-refractivity contribution is 5.99. The molecule has 0 aliphatic heterocycles. The Labute approximate surface area is 144 Å². The van der Waals surface area contributed by atoms with Crippen molar-refractivity contribution in [3.8, 4) is 0 Å². The van der Waals surface area contributed by atoms with Gasteiger partial charge in [-0.3, -0.25) is 4.79 Å². The summed E-state index contributed by atoms with van der Waals surface area (Å²) in [6, 6.07) is 0.